The number of carbonyl (C=O) groups is 1. The molecule has 0 bridgehead atoms. The van der Waals surface area contributed by atoms with Gasteiger partial charge in [-0.1, -0.05) is 65.7 Å². The van der Waals surface area contributed by atoms with E-state index in [4.69, 9.17) is 4.74 Å². The van der Waals surface area contributed by atoms with Crippen molar-refractivity contribution in [1.29, 1.82) is 0 Å². The Balaban J connectivity index is 2.57. The van der Waals surface area contributed by atoms with E-state index in [2.05, 4.69) is 30.8 Å². The molecule has 0 radical (unpaired) electrons. The molecule has 0 spiro atoms. The standard InChI is InChI=1S/C26H40F5NO3/c1-5-8-9-10-11-12-15-18(26(6-2,7-3)34-4)16-13-14-17-32-25(33)35-24-22(30)20(28)19(27)21(29)23(24)31/h18H,5-17H2,1-4H3,(H,32,33). The first-order chi connectivity index (χ1) is 16.7. The Kier molecular flexibility index (Phi) is 14.2. The zero-order chi connectivity index (χ0) is 26.4. The molecule has 1 rings (SSSR count). The number of hydrogen-bond acceptors (Lipinski definition) is 3. The van der Waals surface area contributed by atoms with Crippen LogP contribution in [0.3, 0.4) is 0 Å². The average molecular weight is 510 g/mol. The summed E-state index contributed by atoms with van der Waals surface area (Å²) in [6.45, 7) is 6.57. The van der Waals surface area contributed by atoms with E-state index in [0.717, 1.165) is 38.5 Å². The molecular formula is C26H40F5NO3. The third kappa shape index (κ3) is 8.92. The molecule has 1 atom stereocenters. The lowest BCUT2D eigenvalue weighted by Crippen LogP contribution is -2.39. The van der Waals surface area contributed by atoms with Gasteiger partial charge in [0, 0.05) is 13.7 Å². The van der Waals surface area contributed by atoms with Crippen LogP contribution in [0.1, 0.15) is 97.8 Å². The number of amides is 1. The van der Waals surface area contributed by atoms with Crippen LogP contribution in [0.4, 0.5) is 26.7 Å². The third-order valence-corrected chi connectivity index (χ3v) is 6.87. The molecule has 1 N–H and O–H groups in total. The van der Waals surface area contributed by atoms with Crippen molar-refractivity contribution in [2.75, 3.05) is 13.7 Å². The van der Waals surface area contributed by atoms with Gasteiger partial charge in [-0.3, -0.25) is 0 Å². The van der Waals surface area contributed by atoms with Gasteiger partial charge in [0.15, 0.2) is 0 Å². The lowest BCUT2D eigenvalue weighted by Gasteiger charge is -2.39. The highest BCUT2D eigenvalue weighted by atomic mass is 19.2. The van der Waals surface area contributed by atoms with E-state index in [1.54, 1.807) is 7.11 Å². The van der Waals surface area contributed by atoms with Gasteiger partial charge in [0.1, 0.15) is 0 Å². The SMILES string of the molecule is CCCCCCCCC(CCCCNC(=O)Oc1c(F)c(F)c(F)c(F)c1F)C(CC)(CC)OC. The van der Waals surface area contributed by atoms with Gasteiger partial charge in [0.05, 0.1) is 5.60 Å². The second-order valence-corrected chi connectivity index (χ2v) is 8.94. The lowest BCUT2D eigenvalue weighted by molar-refractivity contribution is -0.0711. The fourth-order valence-electron chi connectivity index (χ4n) is 4.63. The molecule has 0 aliphatic heterocycles. The van der Waals surface area contributed by atoms with Crippen LogP contribution in [0, 0.1) is 35.0 Å². The predicted molar refractivity (Wildman–Crippen MR) is 126 cm³/mol. The van der Waals surface area contributed by atoms with Crippen molar-refractivity contribution < 1.29 is 36.2 Å². The maximum atomic E-state index is 13.7. The molecule has 0 fully saturated rings. The molecule has 0 aliphatic rings. The van der Waals surface area contributed by atoms with Crippen molar-refractivity contribution in [2.24, 2.45) is 5.92 Å². The highest BCUT2D eigenvalue weighted by Gasteiger charge is 2.34. The van der Waals surface area contributed by atoms with Crippen molar-refractivity contribution in [2.45, 2.75) is 103 Å². The number of methoxy groups -OCH3 is 1. The van der Waals surface area contributed by atoms with Crippen LogP contribution in [0.15, 0.2) is 0 Å². The summed E-state index contributed by atoms with van der Waals surface area (Å²) < 4.78 is 77.2. The number of hydrogen-bond donors (Lipinski definition) is 1. The van der Waals surface area contributed by atoms with Crippen LogP contribution in [0.2, 0.25) is 0 Å². The van der Waals surface area contributed by atoms with Crippen LogP contribution in [-0.2, 0) is 4.74 Å². The summed E-state index contributed by atoms with van der Waals surface area (Å²) in [5.41, 5.74) is -0.207. The zero-order valence-electron chi connectivity index (χ0n) is 21.4. The van der Waals surface area contributed by atoms with E-state index in [0.29, 0.717) is 12.3 Å². The number of unbranched alkanes of at least 4 members (excludes halogenated alkanes) is 6. The second-order valence-electron chi connectivity index (χ2n) is 8.94. The molecule has 35 heavy (non-hydrogen) atoms. The summed E-state index contributed by atoms with van der Waals surface area (Å²) >= 11 is 0. The fourth-order valence-corrected chi connectivity index (χ4v) is 4.63. The van der Waals surface area contributed by atoms with E-state index in [1.807, 2.05) is 0 Å². The number of ether oxygens (including phenoxy) is 2. The third-order valence-electron chi connectivity index (χ3n) is 6.87. The van der Waals surface area contributed by atoms with Crippen molar-refractivity contribution in [3.05, 3.63) is 29.1 Å². The molecule has 0 saturated heterocycles. The average Bonchev–Trinajstić information content (AvgIpc) is 2.86. The van der Waals surface area contributed by atoms with Gasteiger partial charge in [-0.2, -0.15) is 8.78 Å². The van der Waals surface area contributed by atoms with E-state index < -0.39 is 40.9 Å². The van der Waals surface area contributed by atoms with Gasteiger partial charge >= 0.3 is 6.09 Å². The number of benzene rings is 1. The Bertz CT molecular complexity index is 749. The van der Waals surface area contributed by atoms with Crippen LogP contribution in [0.25, 0.3) is 0 Å². The Morgan fingerprint density at radius 1 is 0.771 bits per heavy atom. The van der Waals surface area contributed by atoms with Gasteiger partial charge in [0.2, 0.25) is 34.8 Å². The second kappa shape index (κ2) is 16.0. The zero-order valence-corrected chi connectivity index (χ0v) is 21.4. The first kappa shape index (κ1) is 31.1. The van der Waals surface area contributed by atoms with Crippen molar-refractivity contribution in [3.8, 4) is 5.75 Å². The van der Waals surface area contributed by atoms with Crippen molar-refractivity contribution >= 4 is 6.09 Å². The molecular weight excluding hydrogens is 469 g/mol. The van der Waals surface area contributed by atoms with Gasteiger partial charge < -0.3 is 14.8 Å². The number of halogens is 5. The molecule has 1 amide bonds. The maximum absolute atomic E-state index is 13.7. The van der Waals surface area contributed by atoms with E-state index in [9.17, 15) is 26.7 Å². The molecule has 0 saturated carbocycles. The predicted octanol–water partition coefficient (Wildman–Crippen LogP) is 8.21. The highest BCUT2D eigenvalue weighted by Crippen LogP contribution is 2.36. The summed E-state index contributed by atoms with van der Waals surface area (Å²) in [6.07, 6.45) is 11.1. The summed E-state index contributed by atoms with van der Waals surface area (Å²) in [5, 5.41) is 2.30. The molecule has 1 aromatic rings. The summed E-state index contributed by atoms with van der Waals surface area (Å²) in [4.78, 5) is 11.8. The van der Waals surface area contributed by atoms with Crippen molar-refractivity contribution in [1.82, 2.24) is 5.32 Å². The van der Waals surface area contributed by atoms with Crippen molar-refractivity contribution in [3.63, 3.8) is 0 Å². The van der Waals surface area contributed by atoms with Crippen LogP contribution < -0.4 is 10.1 Å². The van der Waals surface area contributed by atoms with Crippen LogP contribution in [0.5, 0.6) is 5.75 Å². The fraction of sp³-hybridized carbons (Fsp3) is 0.731. The quantitative estimate of drug-likeness (QED) is 0.0996. The Labute approximate surface area is 205 Å². The normalized spacial score (nSPS) is 12.6. The Hall–Kier alpha value is -1.90. The molecule has 0 aromatic heterocycles. The first-order valence-corrected chi connectivity index (χ1v) is 12.7. The highest BCUT2D eigenvalue weighted by molar-refractivity contribution is 5.70. The van der Waals surface area contributed by atoms with E-state index in [1.165, 1.54) is 32.1 Å². The molecule has 0 heterocycles. The monoisotopic (exact) mass is 509 g/mol. The molecule has 1 aromatic carbocycles. The molecule has 0 aliphatic carbocycles. The summed E-state index contributed by atoms with van der Waals surface area (Å²) in [6, 6.07) is 0. The topological polar surface area (TPSA) is 47.6 Å². The smallest absolute Gasteiger partial charge is 0.404 e. The number of rotatable bonds is 17. The molecule has 9 heteroatoms. The van der Waals surface area contributed by atoms with Gasteiger partial charge in [-0.25, -0.2) is 18.0 Å². The minimum Gasteiger partial charge on any atom is -0.404 e. The van der Waals surface area contributed by atoms with Gasteiger partial charge in [0.25, 0.3) is 0 Å². The minimum atomic E-state index is -2.31. The molecule has 1 unspecified atom stereocenters. The molecule has 4 nitrogen and oxygen atoms in total. The van der Waals surface area contributed by atoms with Crippen LogP contribution in [-0.4, -0.2) is 25.3 Å². The van der Waals surface area contributed by atoms with E-state index in [-0.39, 0.29) is 12.1 Å². The van der Waals surface area contributed by atoms with Crippen LogP contribution >= 0.6 is 0 Å². The van der Waals surface area contributed by atoms with Gasteiger partial charge in [-0.05, 0) is 38.0 Å². The lowest BCUT2D eigenvalue weighted by atomic mass is 9.76. The maximum Gasteiger partial charge on any atom is 0.412 e. The first-order valence-electron chi connectivity index (χ1n) is 12.7. The largest absolute Gasteiger partial charge is 0.412 e. The summed E-state index contributed by atoms with van der Waals surface area (Å²) in [7, 11) is 1.75. The molecule has 202 valence electrons. The van der Waals surface area contributed by atoms with Gasteiger partial charge in [-0.15, -0.1) is 0 Å². The number of nitrogens with one attached hydrogen (secondary N) is 1. The van der Waals surface area contributed by atoms with E-state index >= 15 is 0 Å². The number of carbonyl (C=O) groups excluding carboxylic acids is 1. The Morgan fingerprint density at radius 2 is 1.26 bits per heavy atom. The minimum absolute atomic E-state index is 0.135. The summed E-state index contributed by atoms with van der Waals surface area (Å²) in [5.74, 6) is -12.3. The Morgan fingerprint density at radius 3 is 1.77 bits per heavy atom.